The average Bonchev–Trinajstić information content (AvgIpc) is 2.51. The molecule has 1 aromatic carbocycles. The Labute approximate surface area is 136 Å². The maximum atomic E-state index is 12.4. The molecule has 0 aromatic heterocycles. The van der Waals surface area contributed by atoms with Crippen molar-refractivity contribution in [1.29, 1.82) is 0 Å². The van der Waals surface area contributed by atoms with Gasteiger partial charge in [0.1, 0.15) is 0 Å². The predicted molar refractivity (Wildman–Crippen MR) is 86.4 cm³/mol. The van der Waals surface area contributed by atoms with Gasteiger partial charge in [-0.3, -0.25) is 19.8 Å². The second-order valence-electron chi connectivity index (χ2n) is 6.14. The second-order valence-corrected chi connectivity index (χ2v) is 6.14. The van der Waals surface area contributed by atoms with Gasteiger partial charge in [0.15, 0.2) is 0 Å². The summed E-state index contributed by atoms with van der Waals surface area (Å²) in [7, 11) is 1.31. The van der Waals surface area contributed by atoms with Crippen molar-refractivity contribution in [3.8, 4) is 0 Å². The summed E-state index contributed by atoms with van der Waals surface area (Å²) in [6.45, 7) is 5.49. The third kappa shape index (κ3) is 6.10. The molecule has 0 aliphatic heterocycles. The van der Waals surface area contributed by atoms with Crippen molar-refractivity contribution >= 4 is 17.8 Å². The molecule has 23 heavy (non-hydrogen) atoms. The highest BCUT2D eigenvalue weighted by Gasteiger charge is 2.28. The van der Waals surface area contributed by atoms with Crippen LogP contribution in [0.25, 0.3) is 0 Å². The first-order valence-corrected chi connectivity index (χ1v) is 7.51. The Hall–Kier alpha value is -2.37. The molecule has 0 fully saturated rings. The standard InChI is InChI=1S/C17H24N2O4/c1-17(2,3)19(14(20)11-8-12-15(21)23-4)18-16(22)13-9-6-5-7-10-13/h5-7,9-10H,8,11-12H2,1-4H3,(H,18,22). The van der Waals surface area contributed by atoms with Crippen LogP contribution in [0.3, 0.4) is 0 Å². The van der Waals surface area contributed by atoms with E-state index in [4.69, 9.17) is 0 Å². The Morgan fingerprint density at radius 2 is 1.70 bits per heavy atom. The first-order chi connectivity index (χ1) is 10.8. The van der Waals surface area contributed by atoms with Crippen LogP contribution in [0, 0.1) is 0 Å². The smallest absolute Gasteiger partial charge is 0.305 e. The Kier molecular flexibility index (Phi) is 6.75. The van der Waals surface area contributed by atoms with Crippen LogP contribution >= 0.6 is 0 Å². The minimum atomic E-state index is -0.577. The van der Waals surface area contributed by atoms with Gasteiger partial charge < -0.3 is 4.74 Å². The normalized spacial score (nSPS) is 10.8. The summed E-state index contributed by atoms with van der Waals surface area (Å²) in [5.41, 5.74) is 2.55. The first-order valence-electron chi connectivity index (χ1n) is 7.51. The minimum Gasteiger partial charge on any atom is -0.469 e. The number of amides is 2. The molecule has 0 radical (unpaired) electrons. The summed E-state index contributed by atoms with van der Waals surface area (Å²) in [6.07, 6.45) is 0.702. The van der Waals surface area contributed by atoms with Crippen LogP contribution in [0.5, 0.6) is 0 Å². The van der Waals surface area contributed by atoms with Crippen molar-refractivity contribution < 1.29 is 19.1 Å². The molecule has 2 amide bonds. The largest absolute Gasteiger partial charge is 0.469 e. The third-order valence-corrected chi connectivity index (χ3v) is 3.17. The van der Waals surface area contributed by atoms with Gasteiger partial charge in [0, 0.05) is 18.4 Å². The summed E-state index contributed by atoms with van der Waals surface area (Å²) in [5.74, 6) is -0.944. The fourth-order valence-corrected chi connectivity index (χ4v) is 1.96. The maximum absolute atomic E-state index is 12.4. The van der Waals surface area contributed by atoms with Crippen LogP contribution in [0.1, 0.15) is 50.4 Å². The van der Waals surface area contributed by atoms with Crippen molar-refractivity contribution in [2.75, 3.05) is 7.11 Å². The topological polar surface area (TPSA) is 75.7 Å². The molecule has 6 heteroatoms. The maximum Gasteiger partial charge on any atom is 0.305 e. The monoisotopic (exact) mass is 320 g/mol. The molecule has 1 N–H and O–H groups in total. The molecule has 0 bridgehead atoms. The molecule has 0 spiro atoms. The molecular formula is C17H24N2O4. The number of hydrazine groups is 1. The van der Waals surface area contributed by atoms with E-state index in [0.717, 1.165) is 0 Å². The van der Waals surface area contributed by atoms with E-state index in [1.807, 2.05) is 26.8 Å². The lowest BCUT2D eigenvalue weighted by Crippen LogP contribution is -2.55. The highest BCUT2D eigenvalue weighted by atomic mass is 16.5. The zero-order valence-corrected chi connectivity index (χ0v) is 14.1. The van der Waals surface area contributed by atoms with Gasteiger partial charge in [0.2, 0.25) is 5.91 Å². The van der Waals surface area contributed by atoms with Gasteiger partial charge in [-0.25, -0.2) is 5.01 Å². The molecule has 0 unspecified atom stereocenters. The van der Waals surface area contributed by atoms with Gasteiger partial charge in [-0.05, 0) is 39.3 Å². The second kappa shape index (κ2) is 8.31. The minimum absolute atomic E-state index is 0.154. The number of hydrogen-bond donors (Lipinski definition) is 1. The van der Waals surface area contributed by atoms with Gasteiger partial charge in [-0.15, -0.1) is 0 Å². The van der Waals surface area contributed by atoms with Gasteiger partial charge >= 0.3 is 5.97 Å². The highest BCUT2D eigenvalue weighted by Crippen LogP contribution is 2.14. The molecule has 126 valence electrons. The van der Waals surface area contributed by atoms with E-state index >= 15 is 0 Å². The number of esters is 1. The van der Waals surface area contributed by atoms with Gasteiger partial charge in [-0.2, -0.15) is 0 Å². The van der Waals surface area contributed by atoms with E-state index in [9.17, 15) is 14.4 Å². The van der Waals surface area contributed by atoms with Crippen molar-refractivity contribution in [2.24, 2.45) is 0 Å². The molecule has 0 saturated heterocycles. The lowest BCUT2D eigenvalue weighted by atomic mass is 10.1. The van der Waals surface area contributed by atoms with Gasteiger partial charge in [-0.1, -0.05) is 18.2 Å². The molecule has 1 rings (SSSR count). The lowest BCUT2D eigenvalue weighted by molar-refractivity contribution is -0.141. The Morgan fingerprint density at radius 3 is 2.22 bits per heavy atom. The zero-order valence-electron chi connectivity index (χ0n) is 14.1. The Morgan fingerprint density at radius 1 is 1.09 bits per heavy atom. The number of hydrogen-bond acceptors (Lipinski definition) is 4. The van der Waals surface area contributed by atoms with E-state index in [-0.39, 0.29) is 30.6 Å². The van der Waals surface area contributed by atoms with Crippen LogP contribution in [0.2, 0.25) is 0 Å². The van der Waals surface area contributed by atoms with E-state index < -0.39 is 5.54 Å². The first kappa shape index (κ1) is 18.7. The number of benzene rings is 1. The Balaban J connectivity index is 2.71. The fraction of sp³-hybridized carbons (Fsp3) is 0.471. The van der Waals surface area contributed by atoms with Crippen molar-refractivity contribution in [2.45, 2.75) is 45.6 Å². The number of methoxy groups -OCH3 is 1. The number of rotatable bonds is 5. The van der Waals surface area contributed by atoms with Crippen LogP contribution in [-0.2, 0) is 14.3 Å². The number of nitrogens with zero attached hydrogens (tertiary/aromatic N) is 1. The molecule has 0 aliphatic rings. The van der Waals surface area contributed by atoms with Crippen LogP contribution in [-0.4, -0.2) is 35.4 Å². The quantitative estimate of drug-likeness (QED) is 0.667. The predicted octanol–water partition coefficient (Wildman–Crippen LogP) is 2.30. The molecule has 1 aromatic rings. The van der Waals surface area contributed by atoms with E-state index in [0.29, 0.717) is 12.0 Å². The van der Waals surface area contributed by atoms with Crippen LogP contribution < -0.4 is 5.43 Å². The highest BCUT2D eigenvalue weighted by molar-refractivity contribution is 5.95. The lowest BCUT2D eigenvalue weighted by Gasteiger charge is -2.35. The van der Waals surface area contributed by atoms with E-state index in [1.54, 1.807) is 24.3 Å². The van der Waals surface area contributed by atoms with Gasteiger partial charge in [0.25, 0.3) is 5.91 Å². The van der Waals surface area contributed by atoms with Gasteiger partial charge in [0.05, 0.1) is 12.6 Å². The number of ether oxygens (including phenoxy) is 1. The number of nitrogens with one attached hydrogen (secondary N) is 1. The van der Waals surface area contributed by atoms with Crippen molar-refractivity contribution in [3.63, 3.8) is 0 Å². The average molecular weight is 320 g/mol. The van der Waals surface area contributed by atoms with Crippen molar-refractivity contribution in [1.82, 2.24) is 10.4 Å². The van der Waals surface area contributed by atoms with Crippen LogP contribution in [0.4, 0.5) is 0 Å². The third-order valence-electron chi connectivity index (χ3n) is 3.17. The molecule has 0 atom stereocenters. The summed E-state index contributed by atoms with van der Waals surface area (Å²) in [5, 5.41) is 1.32. The molecule has 0 aliphatic carbocycles. The van der Waals surface area contributed by atoms with Crippen molar-refractivity contribution in [3.05, 3.63) is 35.9 Å². The SMILES string of the molecule is COC(=O)CCCC(=O)N(NC(=O)c1ccccc1)C(C)(C)C. The van der Waals surface area contributed by atoms with Crippen LogP contribution in [0.15, 0.2) is 30.3 Å². The molecular weight excluding hydrogens is 296 g/mol. The Bertz CT molecular complexity index is 549. The summed E-state index contributed by atoms with van der Waals surface area (Å²) in [4.78, 5) is 35.7. The fourth-order valence-electron chi connectivity index (χ4n) is 1.96. The van der Waals surface area contributed by atoms with E-state index in [1.165, 1.54) is 12.1 Å². The molecule has 0 heterocycles. The zero-order chi connectivity index (χ0) is 17.5. The molecule has 6 nitrogen and oxygen atoms in total. The number of carbonyl (C=O) groups excluding carboxylic acids is 3. The summed E-state index contributed by atoms with van der Waals surface area (Å²) < 4.78 is 4.55. The van der Waals surface area contributed by atoms with E-state index in [2.05, 4.69) is 10.2 Å². The summed E-state index contributed by atoms with van der Waals surface area (Å²) >= 11 is 0. The summed E-state index contributed by atoms with van der Waals surface area (Å²) in [6, 6.07) is 8.69. The molecule has 0 saturated carbocycles. The number of carbonyl (C=O) groups is 3.